The number of hydrogen-bond donors (Lipinski definition) is 0. The molecule has 6 heteroatoms. The number of aromatic nitrogens is 4. The average molecular weight is 625 g/mol. The van der Waals surface area contributed by atoms with Gasteiger partial charge in [0.2, 0.25) is 0 Å². The van der Waals surface area contributed by atoms with Crippen LogP contribution >= 0.6 is 22.7 Å². The Morgan fingerprint density at radius 2 is 0.913 bits per heavy atom. The van der Waals surface area contributed by atoms with Crippen molar-refractivity contribution in [1.29, 1.82) is 0 Å². The standard InChI is InChI=1S/C40H24N4S2/c1-2-8-26-23-27(16-15-25(26)7-1)28-17-18-31-32(24-28)38(34-12-6-14-36(44-34)40-42-20-22-46-40)30-10-4-3-9-29(30)37(31)33-11-5-13-35(43-33)39-41-19-21-45-39/h1-24H. The summed E-state index contributed by atoms with van der Waals surface area (Å²) in [5.41, 5.74) is 8.12. The van der Waals surface area contributed by atoms with Crippen LogP contribution in [0.3, 0.4) is 0 Å². The number of thiazole rings is 2. The van der Waals surface area contributed by atoms with Crippen LogP contribution in [0, 0.1) is 0 Å². The van der Waals surface area contributed by atoms with Gasteiger partial charge in [0.1, 0.15) is 10.0 Å². The van der Waals surface area contributed by atoms with Crippen molar-refractivity contribution >= 4 is 55.0 Å². The number of fused-ring (bicyclic) bond motifs is 3. The summed E-state index contributed by atoms with van der Waals surface area (Å²) >= 11 is 3.20. The van der Waals surface area contributed by atoms with Gasteiger partial charge in [-0.3, -0.25) is 0 Å². The monoisotopic (exact) mass is 624 g/mol. The zero-order valence-electron chi connectivity index (χ0n) is 24.5. The third kappa shape index (κ3) is 4.58. The molecule has 0 saturated carbocycles. The van der Waals surface area contributed by atoms with Crippen LogP contribution in [0.5, 0.6) is 0 Å². The maximum absolute atomic E-state index is 5.20. The highest BCUT2D eigenvalue weighted by Crippen LogP contribution is 2.44. The Morgan fingerprint density at radius 1 is 0.391 bits per heavy atom. The Morgan fingerprint density at radius 3 is 1.54 bits per heavy atom. The molecule has 9 aromatic rings. The van der Waals surface area contributed by atoms with Crippen molar-refractivity contribution in [1.82, 2.24) is 19.9 Å². The van der Waals surface area contributed by atoms with Crippen LogP contribution in [0.15, 0.2) is 144 Å². The fourth-order valence-corrected chi connectivity index (χ4v) is 7.58. The molecule has 0 unspecified atom stereocenters. The summed E-state index contributed by atoms with van der Waals surface area (Å²) in [6.07, 6.45) is 3.66. The normalized spacial score (nSPS) is 11.5. The van der Waals surface area contributed by atoms with Crippen LogP contribution in [0.2, 0.25) is 0 Å². The van der Waals surface area contributed by atoms with Crippen molar-refractivity contribution in [2.24, 2.45) is 0 Å². The Hall–Kier alpha value is -5.56. The lowest BCUT2D eigenvalue weighted by atomic mass is 9.87. The quantitative estimate of drug-likeness (QED) is 0.179. The first-order valence-corrected chi connectivity index (χ1v) is 16.8. The second-order valence-electron chi connectivity index (χ2n) is 11.1. The molecule has 0 aliphatic rings. The Labute approximate surface area is 273 Å². The van der Waals surface area contributed by atoms with Crippen molar-refractivity contribution in [2.45, 2.75) is 0 Å². The predicted molar refractivity (Wildman–Crippen MR) is 193 cm³/mol. The largest absolute Gasteiger partial charge is 0.245 e. The summed E-state index contributed by atoms with van der Waals surface area (Å²) in [7, 11) is 0. The fourth-order valence-electron chi connectivity index (χ4n) is 6.36. The Balaban J connectivity index is 1.36. The second kappa shape index (κ2) is 11.1. The van der Waals surface area contributed by atoms with Crippen LogP contribution in [0.1, 0.15) is 0 Å². The molecular formula is C40H24N4S2. The van der Waals surface area contributed by atoms with E-state index in [1.807, 2.05) is 35.3 Å². The number of benzene rings is 5. The summed E-state index contributed by atoms with van der Waals surface area (Å²) < 4.78 is 0. The van der Waals surface area contributed by atoms with Crippen molar-refractivity contribution in [2.75, 3.05) is 0 Å². The molecule has 4 heterocycles. The van der Waals surface area contributed by atoms with Crippen molar-refractivity contribution < 1.29 is 0 Å². The van der Waals surface area contributed by atoms with E-state index in [1.54, 1.807) is 22.7 Å². The van der Waals surface area contributed by atoms with Crippen molar-refractivity contribution in [3.63, 3.8) is 0 Å². The Kier molecular flexibility index (Phi) is 6.47. The molecule has 0 N–H and O–H groups in total. The summed E-state index contributed by atoms with van der Waals surface area (Å²) in [5.74, 6) is 0. The van der Waals surface area contributed by atoms with Crippen LogP contribution < -0.4 is 0 Å². The SMILES string of the molecule is c1cc(-c2nccs2)nc(-c2c3ccccc3c(-c3cccc(-c4nccs4)n3)c3cc(-c4ccc5ccccc5c4)ccc23)c1. The molecule has 0 spiro atoms. The molecule has 216 valence electrons. The predicted octanol–water partition coefficient (Wildman–Crippen LogP) is 11.2. The summed E-state index contributed by atoms with van der Waals surface area (Å²) in [6.45, 7) is 0. The highest BCUT2D eigenvalue weighted by atomic mass is 32.1. The smallest absolute Gasteiger partial charge is 0.141 e. The topological polar surface area (TPSA) is 51.6 Å². The van der Waals surface area contributed by atoms with Crippen LogP contribution in [0.4, 0.5) is 0 Å². The minimum atomic E-state index is 0.873. The molecule has 0 bridgehead atoms. The van der Waals surface area contributed by atoms with Crippen LogP contribution in [-0.4, -0.2) is 19.9 Å². The third-order valence-corrected chi connectivity index (χ3v) is 10.0. The van der Waals surface area contributed by atoms with Gasteiger partial charge in [-0.2, -0.15) is 0 Å². The summed E-state index contributed by atoms with van der Waals surface area (Å²) in [5, 5.41) is 12.8. The minimum Gasteiger partial charge on any atom is -0.245 e. The molecular weight excluding hydrogens is 601 g/mol. The van der Waals surface area contributed by atoms with E-state index in [-0.39, 0.29) is 0 Å². The third-order valence-electron chi connectivity index (χ3n) is 8.42. The van der Waals surface area contributed by atoms with Gasteiger partial charge in [0.05, 0.1) is 22.8 Å². The first-order chi connectivity index (χ1) is 22.8. The zero-order chi connectivity index (χ0) is 30.5. The first-order valence-electron chi connectivity index (χ1n) is 15.0. The van der Waals surface area contributed by atoms with Gasteiger partial charge < -0.3 is 0 Å². The number of rotatable bonds is 5. The lowest BCUT2D eigenvalue weighted by molar-refractivity contribution is 1.29. The molecule has 4 nitrogen and oxygen atoms in total. The number of hydrogen-bond acceptors (Lipinski definition) is 6. The van der Waals surface area contributed by atoms with Gasteiger partial charge >= 0.3 is 0 Å². The molecule has 0 fully saturated rings. The second-order valence-corrected chi connectivity index (χ2v) is 12.9. The van der Waals surface area contributed by atoms with E-state index >= 15 is 0 Å². The molecule has 0 atom stereocenters. The highest BCUT2D eigenvalue weighted by molar-refractivity contribution is 7.13. The average Bonchev–Trinajstić information content (AvgIpc) is 3.86. The van der Waals surface area contributed by atoms with E-state index in [2.05, 4.69) is 119 Å². The Bertz CT molecular complexity index is 2540. The van der Waals surface area contributed by atoms with E-state index in [0.717, 1.165) is 71.0 Å². The molecule has 4 aromatic heterocycles. The van der Waals surface area contributed by atoms with Crippen LogP contribution in [0.25, 0.3) is 87.4 Å². The summed E-state index contributed by atoms with van der Waals surface area (Å²) in [4.78, 5) is 19.5. The molecule has 0 aliphatic carbocycles. The molecule has 0 saturated heterocycles. The van der Waals surface area contributed by atoms with Crippen molar-refractivity contribution in [3.8, 4) is 55.0 Å². The van der Waals surface area contributed by atoms with Gasteiger partial charge in [0.15, 0.2) is 0 Å². The minimum absolute atomic E-state index is 0.873. The lowest BCUT2D eigenvalue weighted by Crippen LogP contribution is -1.95. The van der Waals surface area contributed by atoms with Gasteiger partial charge in [-0.15, -0.1) is 22.7 Å². The molecule has 0 aliphatic heterocycles. The zero-order valence-corrected chi connectivity index (χ0v) is 26.1. The van der Waals surface area contributed by atoms with Gasteiger partial charge in [-0.05, 0) is 79.8 Å². The van der Waals surface area contributed by atoms with Gasteiger partial charge in [0, 0.05) is 34.3 Å². The van der Waals surface area contributed by atoms with Crippen LogP contribution in [-0.2, 0) is 0 Å². The molecule has 0 amide bonds. The van der Waals surface area contributed by atoms with Gasteiger partial charge in [0.25, 0.3) is 0 Å². The highest BCUT2D eigenvalue weighted by Gasteiger charge is 2.20. The van der Waals surface area contributed by atoms with Crippen molar-refractivity contribution in [3.05, 3.63) is 144 Å². The van der Waals surface area contributed by atoms with E-state index in [1.165, 1.54) is 16.3 Å². The molecule has 5 aromatic carbocycles. The maximum atomic E-state index is 5.20. The fraction of sp³-hybridized carbons (Fsp3) is 0. The van der Waals surface area contributed by atoms with Gasteiger partial charge in [-0.25, -0.2) is 19.9 Å². The number of pyridine rings is 2. The summed E-state index contributed by atoms with van der Waals surface area (Å²) in [6, 6.07) is 43.1. The number of nitrogens with zero attached hydrogens (tertiary/aromatic N) is 4. The maximum Gasteiger partial charge on any atom is 0.141 e. The van der Waals surface area contributed by atoms with E-state index in [0.29, 0.717) is 0 Å². The van der Waals surface area contributed by atoms with E-state index in [4.69, 9.17) is 9.97 Å². The molecule has 0 radical (unpaired) electrons. The molecule has 9 rings (SSSR count). The van der Waals surface area contributed by atoms with E-state index < -0.39 is 0 Å². The van der Waals surface area contributed by atoms with E-state index in [9.17, 15) is 0 Å². The van der Waals surface area contributed by atoms with Gasteiger partial charge in [-0.1, -0.05) is 84.9 Å². The first kappa shape index (κ1) is 26.8. The lowest BCUT2D eigenvalue weighted by Gasteiger charge is -2.18. The molecule has 46 heavy (non-hydrogen) atoms.